The van der Waals surface area contributed by atoms with Gasteiger partial charge in [0.2, 0.25) is 0 Å². The van der Waals surface area contributed by atoms with Gasteiger partial charge in [0, 0.05) is 27.6 Å². The fraction of sp³-hybridized carbons (Fsp3) is 0.333. The lowest BCUT2D eigenvalue weighted by Gasteiger charge is -2.44. The molecular formula is C36H39Br3N-. The van der Waals surface area contributed by atoms with Crippen LogP contribution in [0.5, 0.6) is 0 Å². The second-order valence-electron chi connectivity index (χ2n) is 11.6. The van der Waals surface area contributed by atoms with Crippen molar-refractivity contribution in [1.82, 2.24) is 4.90 Å². The number of halogens is 3. The van der Waals surface area contributed by atoms with E-state index in [1.54, 1.807) is 11.1 Å². The Morgan fingerprint density at radius 3 is 2.02 bits per heavy atom. The zero-order chi connectivity index (χ0) is 27.4. The zero-order valence-electron chi connectivity index (χ0n) is 23.7. The van der Waals surface area contributed by atoms with E-state index in [0.29, 0.717) is 5.92 Å². The quantitative estimate of drug-likeness (QED) is 0.217. The molecule has 6 rings (SSSR count). The molecule has 0 spiro atoms. The fourth-order valence-corrected chi connectivity index (χ4v) is 7.12. The topological polar surface area (TPSA) is 3.24 Å². The molecule has 0 saturated carbocycles. The van der Waals surface area contributed by atoms with Gasteiger partial charge in [-0.15, -0.1) is 0 Å². The van der Waals surface area contributed by atoms with Gasteiger partial charge in [-0.05, 0) is 109 Å². The van der Waals surface area contributed by atoms with E-state index in [1.165, 1.54) is 50.5 Å². The molecule has 1 aliphatic heterocycles. The third-order valence-electron chi connectivity index (χ3n) is 8.82. The van der Waals surface area contributed by atoms with E-state index in [9.17, 15) is 0 Å². The lowest BCUT2D eigenvalue weighted by Crippen LogP contribution is -3.00. The van der Waals surface area contributed by atoms with Crippen LogP contribution < -0.4 is 17.0 Å². The van der Waals surface area contributed by atoms with Crippen molar-refractivity contribution in [3.05, 3.63) is 139 Å². The monoisotopic (exact) mass is 722 g/mol. The summed E-state index contributed by atoms with van der Waals surface area (Å²) in [7, 11) is 0. The van der Waals surface area contributed by atoms with Crippen LogP contribution in [0.15, 0.2) is 106 Å². The Balaban J connectivity index is 0.000000181. The maximum absolute atomic E-state index is 3.61. The van der Waals surface area contributed by atoms with Crippen molar-refractivity contribution in [3.63, 3.8) is 0 Å². The second-order valence-corrected chi connectivity index (χ2v) is 13.5. The average Bonchev–Trinajstić information content (AvgIpc) is 2.94. The highest BCUT2D eigenvalue weighted by molar-refractivity contribution is 9.10. The molecule has 1 aliphatic carbocycles. The summed E-state index contributed by atoms with van der Waals surface area (Å²) in [6.45, 7) is 9.19. The Hall–Kier alpha value is -1.72. The van der Waals surface area contributed by atoms with Crippen molar-refractivity contribution in [1.29, 1.82) is 0 Å². The Kier molecular flexibility index (Phi) is 10.9. The Bertz CT molecular complexity index is 1380. The van der Waals surface area contributed by atoms with Gasteiger partial charge in [-0.25, -0.2) is 0 Å². The fourth-order valence-electron chi connectivity index (χ4n) is 6.38. The Morgan fingerprint density at radius 2 is 1.35 bits per heavy atom. The van der Waals surface area contributed by atoms with Gasteiger partial charge in [0.25, 0.3) is 0 Å². The van der Waals surface area contributed by atoms with Crippen LogP contribution in [-0.4, -0.2) is 11.4 Å². The van der Waals surface area contributed by atoms with Crippen LogP contribution in [0.25, 0.3) is 0 Å². The summed E-state index contributed by atoms with van der Waals surface area (Å²) < 4.78 is 2.38. The summed E-state index contributed by atoms with van der Waals surface area (Å²) in [4.78, 5) is 2.58. The van der Waals surface area contributed by atoms with Gasteiger partial charge in [-0.3, -0.25) is 4.90 Å². The molecule has 4 heteroatoms. The summed E-state index contributed by atoms with van der Waals surface area (Å²) in [5, 5.41) is 0. The number of hydrogen-bond acceptors (Lipinski definition) is 1. The maximum Gasteiger partial charge on any atom is 0.0411 e. The first-order valence-electron chi connectivity index (χ1n) is 14.2. The molecule has 0 amide bonds. The minimum absolute atomic E-state index is 0. The number of benzene rings is 4. The molecule has 4 aromatic carbocycles. The van der Waals surface area contributed by atoms with E-state index in [0.717, 1.165) is 25.4 Å². The van der Waals surface area contributed by atoms with Crippen molar-refractivity contribution < 1.29 is 17.0 Å². The lowest BCUT2D eigenvalue weighted by atomic mass is 9.74. The van der Waals surface area contributed by atoms with Crippen molar-refractivity contribution in [3.8, 4) is 0 Å². The maximum atomic E-state index is 3.61. The molecule has 0 fully saturated rings. The van der Waals surface area contributed by atoms with E-state index < -0.39 is 0 Å². The Labute approximate surface area is 268 Å². The number of hydrogen-bond donors (Lipinski definition) is 0. The molecule has 0 N–H and O–H groups in total. The molecule has 0 aromatic heterocycles. The van der Waals surface area contributed by atoms with Crippen LogP contribution in [0, 0.1) is 5.92 Å². The van der Waals surface area contributed by atoms with Gasteiger partial charge in [0.1, 0.15) is 0 Å². The normalized spacial score (nSPS) is 19.3. The standard InChI is InChI=1S/C18H20BrN.C18H19Br.BrH/c1-18(2)17-12-16(19)9-8-15(17)10-11-20(18)13-14-6-4-3-5-7-14;1-13-16(11-14-5-3-2-4-6-14)8-7-15-9-10-17(19)12-18(13)15;/h3-9,12H,10-11,13H2,1-2H3;2-6,9-10,12-13,16H,7-8,11H2,1H3;1H/p-1. The van der Waals surface area contributed by atoms with Gasteiger partial charge in [0.05, 0.1) is 0 Å². The minimum Gasteiger partial charge on any atom is -1.00 e. The molecule has 40 heavy (non-hydrogen) atoms. The largest absolute Gasteiger partial charge is 1.00 e. The van der Waals surface area contributed by atoms with Crippen molar-refractivity contribution in [2.45, 2.75) is 64.5 Å². The van der Waals surface area contributed by atoms with Crippen molar-refractivity contribution in [2.75, 3.05) is 6.54 Å². The van der Waals surface area contributed by atoms with Crippen LogP contribution in [0.2, 0.25) is 0 Å². The molecule has 0 radical (unpaired) electrons. The first-order chi connectivity index (χ1) is 18.8. The molecule has 0 saturated heterocycles. The third-order valence-corrected chi connectivity index (χ3v) is 9.81. The molecular weight excluding hydrogens is 686 g/mol. The molecule has 4 aromatic rings. The van der Waals surface area contributed by atoms with Crippen molar-refractivity contribution in [2.24, 2.45) is 5.92 Å². The first-order valence-corrected chi connectivity index (χ1v) is 15.8. The summed E-state index contributed by atoms with van der Waals surface area (Å²) >= 11 is 7.21. The second kappa shape index (κ2) is 14.0. The number of rotatable bonds is 4. The van der Waals surface area contributed by atoms with E-state index in [-0.39, 0.29) is 22.5 Å². The van der Waals surface area contributed by atoms with E-state index in [2.05, 4.69) is 155 Å². The highest BCUT2D eigenvalue weighted by atomic mass is 79.9. The molecule has 1 heterocycles. The van der Waals surface area contributed by atoms with Crippen LogP contribution >= 0.6 is 31.9 Å². The van der Waals surface area contributed by atoms with Gasteiger partial charge >= 0.3 is 0 Å². The lowest BCUT2D eigenvalue weighted by molar-refractivity contribution is -0.00000830. The SMILES string of the molecule is CC1(C)c2cc(Br)ccc2CCN1Cc1ccccc1.CC1c2cc(Br)ccc2CCC1Cc1ccccc1.[Br-]. The number of fused-ring (bicyclic) bond motifs is 2. The van der Waals surface area contributed by atoms with Gasteiger partial charge in [0.15, 0.2) is 0 Å². The molecule has 0 bridgehead atoms. The average molecular weight is 725 g/mol. The zero-order valence-corrected chi connectivity index (χ0v) is 28.5. The molecule has 210 valence electrons. The summed E-state index contributed by atoms with van der Waals surface area (Å²) in [5.41, 5.74) is 8.96. The van der Waals surface area contributed by atoms with Crippen LogP contribution in [0.3, 0.4) is 0 Å². The van der Waals surface area contributed by atoms with Crippen molar-refractivity contribution >= 4 is 31.9 Å². The van der Waals surface area contributed by atoms with Gasteiger partial charge < -0.3 is 17.0 Å². The summed E-state index contributed by atoms with van der Waals surface area (Å²) in [6.07, 6.45) is 4.88. The van der Waals surface area contributed by atoms with Crippen LogP contribution in [0.1, 0.15) is 66.5 Å². The van der Waals surface area contributed by atoms with E-state index in [4.69, 9.17) is 0 Å². The smallest absolute Gasteiger partial charge is 0.0411 e. The highest BCUT2D eigenvalue weighted by Gasteiger charge is 2.34. The Morgan fingerprint density at radius 1 is 0.750 bits per heavy atom. The predicted octanol–water partition coefficient (Wildman–Crippen LogP) is 7.10. The third kappa shape index (κ3) is 7.37. The van der Waals surface area contributed by atoms with Gasteiger partial charge in [-0.1, -0.05) is 112 Å². The highest BCUT2D eigenvalue weighted by Crippen LogP contribution is 2.39. The van der Waals surface area contributed by atoms with Crippen LogP contribution in [-0.2, 0) is 31.3 Å². The first kappa shape index (κ1) is 31.2. The number of aryl methyl sites for hydroxylation is 1. The molecule has 1 nitrogen and oxygen atoms in total. The summed E-state index contributed by atoms with van der Waals surface area (Å²) in [5.74, 6) is 1.42. The molecule has 2 aliphatic rings. The number of nitrogens with zero attached hydrogens (tertiary/aromatic N) is 1. The van der Waals surface area contributed by atoms with Crippen LogP contribution in [0.4, 0.5) is 0 Å². The molecule has 2 atom stereocenters. The predicted molar refractivity (Wildman–Crippen MR) is 172 cm³/mol. The summed E-state index contributed by atoms with van der Waals surface area (Å²) in [6, 6.07) is 35.1. The molecule has 2 unspecified atom stereocenters. The van der Waals surface area contributed by atoms with E-state index in [1.807, 2.05) is 0 Å². The van der Waals surface area contributed by atoms with Gasteiger partial charge in [-0.2, -0.15) is 0 Å². The minimum atomic E-state index is 0. The van der Waals surface area contributed by atoms with E-state index >= 15 is 0 Å².